The Morgan fingerprint density at radius 3 is 2.38 bits per heavy atom. The molecule has 3 unspecified atom stereocenters. The maximum atomic E-state index is 11.6. The summed E-state index contributed by atoms with van der Waals surface area (Å²) < 4.78 is 15.8. The lowest BCUT2D eigenvalue weighted by atomic mass is 9.88. The first-order valence-corrected chi connectivity index (χ1v) is 11.6. The van der Waals surface area contributed by atoms with Crippen molar-refractivity contribution in [2.45, 2.75) is 70.0 Å². The summed E-state index contributed by atoms with van der Waals surface area (Å²) in [6.07, 6.45) is 9.27. The van der Waals surface area contributed by atoms with Crippen LogP contribution in [0.4, 0.5) is 0 Å². The predicted octanol–water partition coefficient (Wildman–Crippen LogP) is 3.64. The molecule has 1 aliphatic carbocycles. The van der Waals surface area contributed by atoms with Gasteiger partial charge < -0.3 is 14.2 Å². The maximum Gasteiger partial charge on any atom is 0.305 e. The average Bonchev–Trinajstić information content (AvgIpc) is 3.41. The van der Waals surface area contributed by atoms with Crippen molar-refractivity contribution < 1.29 is 23.8 Å². The van der Waals surface area contributed by atoms with E-state index in [0.29, 0.717) is 50.4 Å². The SMILES string of the molecule is O=C(CCCS)OCCCOC(=O)CCCSCCC1CCC2OC2C1. The molecular formula is C19H32O5S2. The zero-order valence-electron chi connectivity index (χ0n) is 15.5. The average molecular weight is 405 g/mol. The second-order valence-corrected chi connectivity index (χ2v) is 8.69. The fourth-order valence-corrected chi connectivity index (χ4v) is 4.43. The summed E-state index contributed by atoms with van der Waals surface area (Å²) in [6, 6.07) is 0. The van der Waals surface area contributed by atoms with Crippen LogP contribution in [-0.2, 0) is 23.8 Å². The molecule has 26 heavy (non-hydrogen) atoms. The Morgan fingerprint density at radius 1 is 0.962 bits per heavy atom. The number of hydrogen-bond donors (Lipinski definition) is 1. The monoisotopic (exact) mass is 404 g/mol. The molecule has 5 nitrogen and oxygen atoms in total. The van der Waals surface area contributed by atoms with Crippen molar-refractivity contribution in [1.82, 2.24) is 0 Å². The van der Waals surface area contributed by atoms with Crippen molar-refractivity contribution in [2.24, 2.45) is 5.92 Å². The molecule has 1 saturated heterocycles. The Kier molecular flexibility index (Phi) is 10.9. The zero-order valence-corrected chi connectivity index (χ0v) is 17.2. The van der Waals surface area contributed by atoms with Crippen molar-refractivity contribution in [1.29, 1.82) is 0 Å². The van der Waals surface area contributed by atoms with Crippen LogP contribution in [0.2, 0.25) is 0 Å². The Morgan fingerprint density at radius 2 is 1.69 bits per heavy atom. The molecule has 150 valence electrons. The summed E-state index contributed by atoms with van der Waals surface area (Å²) in [6.45, 7) is 0.625. The van der Waals surface area contributed by atoms with E-state index in [0.717, 1.165) is 24.5 Å². The van der Waals surface area contributed by atoms with Crippen LogP contribution in [0.15, 0.2) is 0 Å². The highest BCUT2D eigenvalue weighted by atomic mass is 32.2. The first-order chi connectivity index (χ1) is 12.7. The summed E-state index contributed by atoms with van der Waals surface area (Å²) in [5, 5.41) is 0. The van der Waals surface area contributed by atoms with Crippen LogP contribution >= 0.6 is 24.4 Å². The molecule has 1 heterocycles. The minimum atomic E-state index is -0.208. The Labute approximate surface area is 166 Å². The van der Waals surface area contributed by atoms with E-state index in [2.05, 4.69) is 12.6 Å². The Hall–Kier alpha value is -0.400. The summed E-state index contributed by atoms with van der Waals surface area (Å²) in [5.41, 5.74) is 0. The molecule has 1 aliphatic heterocycles. The van der Waals surface area contributed by atoms with E-state index in [1.165, 1.54) is 31.4 Å². The fraction of sp³-hybridized carbons (Fsp3) is 0.895. The molecule has 0 aromatic heterocycles. The standard InChI is InChI=1S/C19H32O5S2/c20-18(4-1-11-25)22-9-3-10-23-19(21)5-2-12-26-13-8-15-6-7-16-17(14-15)24-16/h15-17,25H,1-14H2. The van der Waals surface area contributed by atoms with Crippen molar-refractivity contribution >= 4 is 36.3 Å². The van der Waals surface area contributed by atoms with Crippen LogP contribution in [0.3, 0.4) is 0 Å². The highest BCUT2D eigenvalue weighted by molar-refractivity contribution is 7.99. The molecule has 0 bridgehead atoms. The lowest BCUT2D eigenvalue weighted by molar-refractivity contribution is -0.146. The second-order valence-electron chi connectivity index (χ2n) is 7.02. The number of ether oxygens (including phenoxy) is 3. The van der Waals surface area contributed by atoms with Gasteiger partial charge in [0.1, 0.15) is 0 Å². The quantitative estimate of drug-likeness (QED) is 0.206. The van der Waals surface area contributed by atoms with Crippen LogP contribution in [0, 0.1) is 5.92 Å². The third-order valence-corrected chi connectivity index (χ3v) is 6.22. The van der Waals surface area contributed by atoms with Gasteiger partial charge in [0.15, 0.2) is 0 Å². The second kappa shape index (κ2) is 12.9. The largest absolute Gasteiger partial charge is 0.466 e. The van der Waals surface area contributed by atoms with Crippen molar-refractivity contribution in [2.75, 3.05) is 30.5 Å². The number of epoxide rings is 1. The smallest absolute Gasteiger partial charge is 0.305 e. The number of carbonyl (C=O) groups excluding carboxylic acids is 2. The summed E-state index contributed by atoms with van der Waals surface area (Å²) in [7, 11) is 0. The maximum absolute atomic E-state index is 11.6. The number of thiol groups is 1. The van der Waals surface area contributed by atoms with Gasteiger partial charge in [-0.25, -0.2) is 0 Å². The number of hydrogen-bond acceptors (Lipinski definition) is 7. The normalized spacial score (nSPS) is 24.0. The van der Waals surface area contributed by atoms with Gasteiger partial charge in [0.05, 0.1) is 25.4 Å². The highest BCUT2D eigenvalue weighted by Gasteiger charge is 2.43. The van der Waals surface area contributed by atoms with Gasteiger partial charge in [-0.2, -0.15) is 24.4 Å². The molecule has 0 amide bonds. The summed E-state index contributed by atoms with van der Waals surface area (Å²) >= 11 is 5.98. The third kappa shape index (κ3) is 9.51. The fourth-order valence-electron chi connectivity index (χ4n) is 3.22. The zero-order chi connectivity index (χ0) is 18.6. The molecular weight excluding hydrogens is 372 g/mol. The van der Waals surface area contributed by atoms with Gasteiger partial charge in [0.25, 0.3) is 0 Å². The van der Waals surface area contributed by atoms with Gasteiger partial charge in [0.2, 0.25) is 0 Å². The lowest BCUT2D eigenvalue weighted by Gasteiger charge is -2.18. The van der Waals surface area contributed by atoms with Crippen LogP contribution in [0.25, 0.3) is 0 Å². The van der Waals surface area contributed by atoms with Gasteiger partial charge >= 0.3 is 11.9 Å². The van der Waals surface area contributed by atoms with E-state index in [-0.39, 0.29) is 11.9 Å². The molecule has 2 aliphatic rings. The van der Waals surface area contributed by atoms with Gasteiger partial charge in [-0.1, -0.05) is 0 Å². The molecule has 7 heteroatoms. The molecule has 0 aromatic carbocycles. The lowest BCUT2D eigenvalue weighted by Crippen LogP contribution is -2.14. The molecule has 3 atom stereocenters. The summed E-state index contributed by atoms with van der Waals surface area (Å²) in [4.78, 5) is 22.9. The van der Waals surface area contributed by atoms with Crippen molar-refractivity contribution in [3.63, 3.8) is 0 Å². The van der Waals surface area contributed by atoms with E-state index in [9.17, 15) is 9.59 Å². The molecule has 0 spiro atoms. The molecule has 2 rings (SSSR count). The van der Waals surface area contributed by atoms with E-state index < -0.39 is 0 Å². The summed E-state index contributed by atoms with van der Waals surface area (Å²) in [5.74, 6) is 3.34. The van der Waals surface area contributed by atoms with Crippen molar-refractivity contribution in [3.8, 4) is 0 Å². The molecule has 0 radical (unpaired) electrons. The first kappa shape index (κ1) is 21.9. The minimum absolute atomic E-state index is 0.156. The number of esters is 2. The van der Waals surface area contributed by atoms with E-state index in [4.69, 9.17) is 14.2 Å². The van der Waals surface area contributed by atoms with Crippen LogP contribution < -0.4 is 0 Å². The topological polar surface area (TPSA) is 65.1 Å². The molecule has 0 N–H and O–H groups in total. The van der Waals surface area contributed by atoms with E-state index in [1.54, 1.807) is 0 Å². The van der Waals surface area contributed by atoms with E-state index >= 15 is 0 Å². The van der Waals surface area contributed by atoms with E-state index in [1.807, 2.05) is 11.8 Å². The molecule has 2 fully saturated rings. The van der Waals surface area contributed by atoms with Crippen LogP contribution in [-0.4, -0.2) is 54.6 Å². The number of thioether (sulfide) groups is 1. The highest BCUT2D eigenvalue weighted by Crippen LogP contribution is 2.40. The van der Waals surface area contributed by atoms with Gasteiger partial charge in [-0.15, -0.1) is 0 Å². The minimum Gasteiger partial charge on any atom is -0.466 e. The molecule has 1 saturated carbocycles. The van der Waals surface area contributed by atoms with Gasteiger partial charge in [-0.05, 0) is 61.7 Å². The van der Waals surface area contributed by atoms with Gasteiger partial charge in [-0.3, -0.25) is 9.59 Å². The Bertz CT molecular complexity index is 432. The van der Waals surface area contributed by atoms with Crippen LogP contribution in [0.5, 0.6) is 0 Å². The number of rotatable bonds is 14. The number of carbonyl (C=O) groups is 2. The van der Waals surface area contributed by atoms with Gasteiger partial charge in [0, 0.05) is 19.3 Å². The predicted molar refractivity (Wildman–Crippen MR) is 107 cm³/mol. The van der Waals surface area contributed by atoms with Crippen molar-refractivity contribution in [3.05, 3.63) is 0 Å². The first-order valence-electron chi connectivity index (χ1n) is 9.84. The number of fused-ring (bicyclic) bond motifs is 1. The molecule has 0 aromatic rings. The van der Waals surface area contributed by atoms with Crippen LogP contribution in [0.1, 0.15) is 57.8 Å². The Balaban J connectivity index is 1.32. The third-order valence-electron chi connectivity index (χ3n) is 4.81.